The number of carbonyl (C=O) groups is 2. The number of hydrogen-bond acceptors (Lipinski definition) is 15. The number of H-pyrrole nitrogens is 2. The van der Waals surface area contributed by atoms with Crippen molar-refractivity contribution in [2.24, 2.45) is 0 Å². The third-order valence-electron chi connectivity index (χ3n) is 9.07. The number of ether oxygens (including phenoxy) is 6. The van der Waals surface area contributed by atoms with E-state index < -0.39 is 40.0 Å². The van der Waals surface area contributed by atoms with Crippen LogP contribution in [0.3, 0.4) is 0 Å². The number of rotatable bonds is 19. The van der Waals surface area contributed by atoms with Crippen LogP contribution >= 0.6 is 11.6 Å². The van der Waals surface area contributed by atoms with E-state index in [4.69, 9.17) is 45.8 Å². The number of nitrogens with two attached hydrogens (primary N) is 1. The standard InChI is InChI=1S/C24H21F2N5O4.C21H19F2N5O3.C3H3ClO.CH4/c1-3-20(32)28-14-5-4-6-16(11-14)35-23-17-7-8-27-22(17)30-24(31-23)29-15-12-18(25)21(19(26)13-15)34-10-9-33-2;1-29-7-8-30-18-16(22)10-13(11-17(18)23)26-21-27-19-15(5-6-25-19)20(28-21)31-14-4-2-3-12(24)9-14;1-2-3(4)5;/h3-8,11-13H,1,9-10H2,2H3,(H,28,32)(H2,27,29,30,31);2-6,9-11H,7-8,24H2,1H3,(H2,25,26,27,28);2H,1H2;1H4. The van der Waals surface area contributed by atoms with Crippen LogP contribution in [0.2, 0.25) is 0 Å². The molecule has 23 heteroatoms. The Morgan fingerprint density at radius 1 is 0.639 bits per heavy atom. The van der Waals surface area contributed by atoms with Crippen LogP contribution in [0.1, 0.15) is 7.43 Å². The first-order valence-corrected chi connectivity index (χ1v) is 21.2. The zero-order valence-electron chi connectivity index (χ0n) is 37.7. The van der Waals surface area contributed by atoms with E-state index in [9.17, 15) is 27.2 Å². The average molecular weight is 1020 g/mol. The van der Waals surface area contributed by atoms with Crippen molar-refractivity contribution in [1.82, 2.24) is 29.9 Å². The molecule has 0 aliphatic rings. The minimum atomic E-state index is -0.889. The van der Waals surface area contributed by atoms with Gasteiger partial charge in [-0.2, -0.15) is 19.9 Å². The van der Waals surface area contributed by atoms with E-state index >= 15 is 0 Å². The van der Waals surface area contributed by atoms with Gasteiger partial charge in [0.1, 0.15) is 36.0 Å². The van der Waals surface area contributed by atoms with E-state index in [1.54, 1.807) is 73.1 Å². The molecule has 0 bridgehead atoms. The van der Waals surface area contributed by atoms with Crippen LogP contribution in [0.4, 0.5) is 52.2 Å². The van der Waals surface area contributed by atoms with Gasteiger partial charge in [0.05, 0.1) is 24.0 Å². The van der Waals surface area contributed by atoms with E-state index in [1.807, 2.05) is 0 Å². The quantitative estimate of drug-likeness (QED) is 0.0145. The van der Waals surface area contributed by atoms with E-state index in [-0.39, 0.29) is 74.8 Å². The molecule has 0 spiro atoms. The van der Waals surface area contributed by atoms with Crippen molar-refractivity contribution < 1.29 is 55.6 Å². The number of allylic oxidation sites excluding steroid dienone is 1. The Hall–Kier alpha value is -8.73. The van der Waals surface area contributed by atoms with E-state index in [0.29, 0.717) is 44.9 Å². The lowest BCUT2D eigenvalue weighted by atomic mass is 10.2. The largest absolute Gasteiger partial charge is 0.485 e. The average Bonchev–Trinajstić information content (AvgIpc) is 4.02. The molecule has 4 aromatic heterocycles. The molecule has 72 heavy (non-hydrogen) atoms. The Labute approximate surface area is 414 Å². The Kier molecular flexibility index (Phi) is 19.8. The van der Waals surface area contributed by atoms with Crippen LogP contribution in [-0.2, 0) is 19.1 Å². The number of methoxy groups -OCH3 is 2. The van der Waals surface area contributed by atoms with Crippen molar-refractivity contribution in [3.8, 4) is 34.8 Å². The summed E-state index contributed by atoms with van der Waals surface area (Å²) in [5.74, 6) is -3.40. The predicted octanol–water partition coefficient (Wildman–Crippen LogP) is 10.9. The Morgan fingerprint density at radius 2 is 1.08 bits per heavy atom. The molecule has 0 saturated carbocycles. The van der Waals surface area contributed by atoms with Crippen molar-refractivity contribution in [2.45, 2.75) is 7.43 Å². The number of hydrogen-bond donors (Lipinski definition) is 6. The SMILES string of the molecule is C.C=CC(=O)Cl.C=CC(=O)Nc1cccc(Oc2nc(Nc3cc(F)c(OCCOC)c(F)c3)nc3[nH]ccc23)c1.COCCOc1c(F)cc(Nc2nc(Oc3cccc(N)c3)c3cc[nH]c3n2)cc1F. The lowest BCUT2D eigenvalue weighted by Crippen LogP contribution is -2.08. The van der Waals surface area contributed by atoms with E-state index in [0.717, 1.165) is 36.4 Å². The van der Waals surface area contributed by atoms with E-state index in [1.165, 1.54) is 14.2 Å². The summed E-state index contributed by atoms with van der Waals surface area (Å²) >= 11 is 4.71. The molecular weight excluding hydrogens is 968 g/mol. The van der Waals surface area contributed by atoms with Crippen LogP contribution < -0.4 is 40.6 Å². The number of aromatic amines is 2. The molecule has 0 radical (unpaired) electrons. The molecule has 1 amide bonds. The van der Waals surface area contributed by atoms with Crippen LogP contribution in [0.25, 0.3) is 22.1 Å². The number of amides is 1. The van der Waals surface area contributed by atoms with Gasteiger partial charge in [-0.15, -0.1) is 0 Å². The van der Waals surface area contributed by atoms with Gasteiger partial charge in [-0.05, 0) is 60.2 Å². The molecule has 8 aromatic rings. The van der Waals surface area contributed by atoms with Gasteiger partial charge in [0.15, 0.2) is 34.8 Å². The molecular formula is C49H47ClF4N10O8. The van der Waals surface area contributed by atoms with Gasteiger partial charge in [0, 0.05) is 85.8 Å². The summed E-state index contributed by atoms with van der Waals surface area (Å²) in [5.41, 5.74) is 7.94. The molecule has 0 fully saturated rings. The second kappa shape index (κ2) is 26.3. The summed E-state index contributed by atoms with van der Waals surface area (Å²) in [7, 11) is 2.92. The first-order valence-electron chi connectivity index (χ1n) is 20.8. The lowest BCUT2D eigenvalue weighted by Gasteiger charge is -2.12. The van der Waals surface area contributed by atoms with Crippen molar-refractivity contribution in [2.75, 3.05) is 62.3 Å². The Morgan fingerprint density at radius 3 is 1.50 bits per heavy atom. The van der Waals surface area contributed by atoms with Gasteiger partial charge < -0.3 is 60.1 Å². The van der Waals surface area contributed by atoms with Crippen LogP contribution in [0.15, 0.2) is 123 Å². The highest BCUT2D eigenvalue weighted by Crippen LogP contribution is 2.34. The number of carbonyl (C=O) groups excluding carboxylic acids is 2. The summed E-state index contributed by atoms with van der Waals surface area (Å²) in [6.45, 7) is 6.92. The van der Waals surface area contributed by atoms with Crippen LogP contribution in [0, 0.1) is 23.3 Å². The van der Waals surface area contributed by atoms with Gasteiger partial charge in [0.25, 0.3) is 0 Å². The number of nitrogens with one attached hydrogen (secondary N) is 5. The number of nitrogens with zero attached hydrogens (tertiary/aromatic N) is 4. The number of halogens is 5. The van der Waals surface area contributed by atoms with Gasteiger partial charge >= 0.3 is 0 Å². The van der Waals surface area contributed by atoms with Gasteiger partial charge in [-0.1, -0.05) is 32.7 Å². The topological polar surface area (TPSA) is 235 Å². The molecule has 4 heterocycles. The fraction of sp³-hybridized carbons (Fsp3) is 0.143. The first-order chi connectivity index (χ1) is 34.3. The molecule has 18 nitrogen and oxygen atoms in total. The zero-order valence-corrected chi connectivity index (χ0v) is 38.4. The zero-order chi connectivity index (χ0) is 50.9. The van der Waals surface area contributed by atoms with Crippen LogP contribution in [-0.4, -0.2) is 81.7 Å². The second-order valence-electron chi connectivity index (χ2n) is 14.2. The minimum Gasteiger partial charge on any atom is -0.485 e. The number of aromatic nitrogens is 6. The van der Waals surface area contributed by atoms with Crippen molar-refractivity contribution in [3.05, 3.63) is 146 Å². The number of benzene rings is 4. The number of fused-ring (bicyclic) bond motifs is 2. The third-order valence-corrected chi connectivity index (χ3v) is 9.23. The molecule has 376 valence electrons. The highest BCUT2D eigenvalue weighted by atomic mass is 35.5. The summed E-state index contributed by atoms with van der Waals surface area (Å²) in [5, 5.41) is 8.93. The molecule has 0 aliphatic carbocycles. The first kappa shape index (κ1) is 54.2. The van der Waals surface area contributed by atoms with Crippen molar-refractivity contribution in [1.29, 1.82) is 0 Å². The van der Waals surface area contributed by atoms with E-state index in [2.05, 4.69) is 59.0 Å². The molecule has 0 unspecified atom stereocenters. The smallest absolute Gasteiger partial charge is 0.247 e. The molecule has 7 N–H and O–H groups in total. The van der Waals surface area contributed by atoms with Crippen LogP contribution in [0.5, 0.6) is 34.8 Å². The molecule has 8 rings (SSSR count). The Bertz CT molecular complexity index is 3110. The van der Waals surface area contributed by atoms with Gasteiger partial charge in [-0.25, -0.2) is 17.6 Å². The molecule has 0 saturated heterocycles. The third kappa shape index (κ3) is 15.1. The summed E-state index contributed by atoms with van der Waals surface area (Å²) < 4.78 is 89.1. The maximum Gasteiger partial charge on any atom is 0.247 e. The predicted molar refractivity (Wildman–Crippen MR) is 266 cm³/mol. The molecule has 0 aliphatic heterocycles. The highest BCUT2D eigenvalue weighted by Gasteiger charge is 2.18. The number of anilines is 6. The molecule has 0 atom stereocenters. The normalized spacial score (nSPS) is 10.4. The van der Waals surface area contributed by atoms with Crippen molar-refractivity contribution in [3.63, 3.8) is 0 Å². The monoisotopic (exact) mass is 1010 g/mol. The fourth-order valence-corrected chi connectivity index (χ4v) is 5.98. The molecule has 4 aromatic carbocycles. The maximum absolute atomic E-state index is 14.4. The lowest BCUT2D eigenvalue weighted by molar-refractivity contribution is -0.112. The fourth-order valence-electron chi connectivity index (χ4n) is 5.98. The summed E-state index contributed by atoms with van der Waals surface area (Å²) in [4.78, 5) is 44.3. The van der Waals surface area contributed by atoms with Crippen molar-refractivity contribution >= 4 is 79.5 Å². The summed E-state index contributed by atoms with van der Waals surface area (Å²) in [6, 6.07) is 21.4. The van der Waals surface area contributed by atoms with Gasteiger partial charge in [-0.3, -0.25) is 9.59 Å². The van der Waals surface area contributed by atoms with Gasteiger partial charge in [0.2, 0.25) is 34.8 Å². The second-order valence-corrected chi connectivity index (χ2v) is 14.5. The maximum atomic E-state index is 14.4. The Balaban J connectivity index is 0.000000243. The minimum absolute atomic E-state index is 0. The summed E-state index contributed by atoms with van der Waals surface area (Å²) in [6.07, 6.45) is 5.54. The highest BCUT2D eigenvalue weighted by molar-refractivity contribution is 6.66. The number of nitrogen functional groups attached to an aromatic ring is 1.